The highest BCUT2D eigenvalue weighted by atomic mass is 35.5. The van der Waals surface area contributed by atoms with E-state index < -0.39 is 0 Å². The number of hydrogen-bond donors (Lipinski definition) is 1. The molecule has 0 amide bonds. The summed E-state index contributed by atoms with van der Waals surface area (Å²) < 4.78 is 0. The molecule has 20 heavy (non-hydrogen) atoms. The van der Waals surface area contributed by atoms with Crippen molar-refractivity contribution in [3.63, 3.8) is 0 Å². The predicted octanol–water partition coefficient (Wildman–Crippen LogP) is 4.23. The molecule has 1 heterocycles. The Balaban J connectivity index is 0.000001000. The number of nitrogens with one attached hydrogen (secondary N) is 1. The van der Waals surface area contributed by atoms with Crippen LogP contribution in [0.3, 0.4) is 0 Å². The topological polar surface area (TPSA) is 24.9 Å². The zero-order valence-electron chi connectivity index (χ0n) is 12.6. The summed E-state index contributed by atoms with van der Waals surface area (Å²) in [4.78, 5) is 4.40. The fraction of sp³-hybridized carbons (Fsp3) is 0.688. The van der Waals surface area contributed by atoms with Crippen molar-refractivity contribution < 1.29 is 0 Å². The van der Waals surface area contributed by atoms with E-state index in [0.29, 0.717) is 16.9 Å². The normalized spacial score (nSPS) is 33.4. The summed E-state index contributed by atoms with van der Waals surface area (Å²) in [5, 5.41) is 3.76. The molecule has 1 N–H and O–H groups in total. The summed E-state index contributed by atoms with van der Waals surface area (Å²) in [6.07, 6.45) is 6.02. The van der Waals surface area contributed by atoms with Gasteiger partial charge < -0.3 is 5.32 Å². The van der Waals surface area contributed by atoms with E-state index in [4.69, 9.17) is 0 Å². The van der Waals surface area contributed by atoms with Gasteiger partial charge >= 0.3 is 0 Å². The lowest BCUT2D eigenvalue weighted by atomic mass is 9.69. The number of nitrogens with zero attached hydrogens (tertiary/aromatic N) is 1. The van der Waals surface area contributed by atoms with Crippen LogP contribution in [0.25, 0.3) is 0 Å². The van der Waals surface area contributed by atoms with Crippen LogP contribution in [-0.2, 0) is 6.54 Å². The van der Waals surface area contributed by atoms with Crippen LogP contribution >= 0.6 is 24.8 Å². The van der Waals surface area contributed by atoms with Crippen LogP contribution in [0.5, 0.6) is 0 Å². The second-order valence-corrected chi connectivity index (χ2v) is 6.87. The SMILES string of the molecule is CC1(C)C2CC[C@@]1(C)C(NCc1ccccn1)C2.Cl.Cl. The van der Waals surface area contributed by atoms with Crippen LogP contribution < -0.4 is 5.32 Å². The maximum atomic E-state index is 4.40. The van der Waals surface area contributed by atoms with E-state index in [2.05, 4.69) is 43.2 Å². The number of aromatic nitrogens is 1. The molecule has 2 bridgehead atoms. The Morgan fingerprint density at radius 1 is 1.25 bits per heavy atom. The van der Waals surface area contributed by atoms with Gasteiger partial charge in [-0.1, -0.05) is 26.8 Å². The molecule has 2 aliphatic rings. The Morgan fingerprint density at radius 3 is 2.50 bits per heavy atom. The minimum absolute atomic E-state index is 0. The molecule has 4 heteroatoms. The molecule has 2 aliphatic carbocycles. The highest BCUT2D eigenvalue weighted by Crippen LogP contribution is 2.65. The lowest BCUT2D eigenvalue weighted by molar-refractivity contribution is 0.120. The molecule has 3 rings (SSSR count). The first kappa shape index (κ1) is 17.7. The summed E-state index contributed by atoms with van der Waals surface area (Å²) in [6, 6.07) is 6.81. The second kappa shape index (κ2) is 6.21. The highest BCUT2D eigenvalue weighted by molar-refractivity contribution is 5.85. The van der Waals surface area contributed by atoms with E-state index >= 15 is 0 Å². The first-order valence-corrected chi connectivity index (χ1v) is 7.17. The van der Waals surface area contributed by atoms with Crippen molar-refractivity contribution in [2.24, 2.45) is 16.7 Å². The first-order chi connectivity index (χ1) is 8.54. The van der Waals surface area contributed by atoms with Gasteiger partial charge in [-0.25, -0.2) is 0 Å². The minimum atomic E-state index is 0. The first-order valence-electron chi connectivity index (χ1n) is 7.17. The van der Waals surface area contributed by atoms with E-state index in [1.807, 2.05) is 12.3 Å². The quantitative estimate of drug-likeness (QED) is 0.902. The molecular formula is C16H26Cl2N2. The van der Waals surface area contributed by atoms with Crippen molar-refractivity contribution in [2.45, 2.75) is 52.6 Å². The van der Waals surface area contributed by atoms with Crippen molar-refractivity contribution in [1.29, 1.82) is 0 Å². The average molecular weight is 317 g/mol. The van der Waals surface area contributed by atoms with Gasteiger partial charge in [-0.2, -0.15) is 0 Å². The van der Waals surface area contributed by atoms with Crippen molar-refractivity contribution in [2.75, 3.05) is 0 Å². The van der Waals surface area contributed by atoms with E-state index in [0.717, 1.165) is 18.2 Å². The van der Waals surface area contributed by atoms with Crippen LogP contribution in [0.15, 0.2) is 24.4 Å². The van der Waals surface area contributed by atoms with E-state index in [1.54, 1.807) is 0 Å². The summed E-state index contributed by atoms with van der Waals surface area (Å²) >= 11 is 0. The molecular weight excluding hydrogens is 291 g/mol. The number of rotatable bonds is 3. The van der Waals surface area contributed by atoms with Crippen LogP contribution in [0.1, 0.15) is 45.7 Å². The molecule has 2 saturated carbocycles. The van der Waals surface area contributed by atoms with Gasteiger partial charge in [0.2, 0.25) is 0 Å². The highest BCUT2D eigenvalue weighted by Gasteiger charge is 2.60. The third-order valence-electron chi connectivity index (χ3n) is 6.05. The minimum Gasteiger partial charge on any atom is -0.308 e. The molecule has 0 spiro atoms. The molecule has 1 aromatic heterocycles. The molecule has 0 aliphatic heterocycles. The Labute approximate surface area is 135 Å². The van der Waals surface area contributed by atoms with Gasteiger partial charge in [-0.15, -0.1) is 24.8 Å². The predicted molar refractivity (Wildman–Crippen MR) is 88.6 cm³/mol. The Hall–Kier alpha value is -0.310. The fourth-order valence-electron chi connectivity index (χ4n) is 4.24. The van der Waals surface area contributed by atoms with Crippen molar-refractivity contribution in [3.8, 4) is 0 Å². The molecule has 2 fully saturated rings. The van der Waals surface area contributed by atoms with Gasteiger partial charge in [0.1, 0.15) is 0 Å². The molecule has 0 saturated heterocycles. The van der Waals surface area contributed by atoms with Crippen LogP contribution in [0.4, 0.5) is 0 Å². The largest absolute Gasteiger partial charge is 0.308 e. The number of hydrogen-bond acceptors (Lipinski definition) is 2. The number of pyridine rings is 1. The van der Waals surface area contributed by atoms with Crippen molar-refractivity contribution >= 4 is 24.8 Å². The molecule has 2 nitrogen and oxygen atoms in total. The van der Waals surface area contributed by atoms with Crippen LogP contribution in [-0.4, -0.2) is 11.0 Å². The lowest BCUT2D eigenvalue weighted by Crippen LogP contribution is -2.44. The summed E-state index contributed by atoms with van der Waals surface area (Å²) in [6.45, 7) is 8.32. The fourth-order valence-corrected chi connectivity index (χ4v) is 4.24. The molecule has 1 aromatic rings. The van der Waals surface area contributed by atoms with Gasteiger partial charge in [-0.3, -0.25) is 4.98 Å². The average Bonchev–Trinajstić information content (AvgIpc) is 2.70. The smallest absolute Gasteiger partial charge is 0.0541 e. The lowest BCUT2D eigenvalue weighted by Gasteiger charge is -2.39. The standard InChI is InChI=1S/C16H24N2.2ClH/c1-15(2)12-7-8-16(15,3)14(10-12)18-11-13-6-4-5-9-17-13;;/h4-6,9,12,14,18H,7-8,10-11H2,1-3H3;2*1H/t12?,14?,16-;;/m0../s1. The van der Waals surface area contributed by atoms with E-state index in [1.165, 1.54) is 19.3 Å². The molecule has 114 valence electrons. The van der Waals surface area contributed by atoms with Crippen LogP contribution in [0, 0.1) is 16.7 Å². The second-order valence-electron chi connectivity index (χ2n) is 6.87. The molecule has 2 unspecified atom stereocenters. The van der Waals surface area contributed by atoms with E-state index in [9.17, 15) is 0 Å². The Bertz CT molecular complexity index is 435. The van der Waals surface area contributed by atoms with Crippen molar-refractivity contribution in [1.82, 2.24) is 10.3 Å². The third-order valence-corrected chi connectivity index (χ3v) is 6.05. The van der Waals surface area contributed by atoms with Gasteiger partial charge in [0, 0.05) is 18.8 Å². The molecule has 3 atom stereocenters. The van der Waals surface area contributed by atoms with Gasteiger partial charge in [-0.05, 0) is 48.1 Å². The van der Waals surface area contributed by atoms with Gasteiger partial charge in [0.25, 0.3) is 0 Å². The number of halogens is 2. The summed E-state index contributed by atoms with van der Waals surface area (Å²) in [5.74, 6) is 0.906. The Morgan fingerprint density at radius 2 is 2.00 bits per heavy atom. The zero-order valence-corrected chi connectivity index (χ0v) is 14.2. The van der Waals surface area contributed by atoms with Gasteiger partial charge in [0.05, 0.1) is 5.69 Å². The monoisotopic (exact) mass is 316 g/mol. The Kier molecular flexibility index (Phi) is 5.51. The molecule has 0 radical (unpaired) electrons. The third kappa shape index (κ3) is 2.58. The summed E-state index contributed by atoms with van der Waals surface area (Å²) in [5.41, 5.74) is 2.11. The van der Waals surface area contributed by atoms with Crippen LogP contribution in [0.2, 0.25) is 0 Å². The zero-order chi connectivity index (χ0) is 12.8. The van der Waals surface area contributed by atoms with Crippen molar-refractivity contribution in [3.05, 3.63) is 30.1 Å². The molecule has 0 aromatic carbocycles. The van der Waals surface area contributed by atoms with E-state index in [-0.39, 0.29) is 24.8 Å². The maximum absolute atomic E-state index is 4.40. The van der Waals surface area contributed by atoms with Gasteiger partial charge in [0.15, 0.2) is 0 Å². The summed E-state index contributed by atoms with van der Waals surface area (Å²) in [7, 11) is 0. The maximum Gasteiger partial charge on any atom is 0.0541 e. The number of fused-ring (bicyclic) bond motifs is 2.